The predicted molar refractivity (Wildman–Crippen MR) is 106 cm³/mol. The Morgan fingerprint density at radius 1 is 1.26 bits per heavy atom. The Balaban J connectivity index is 1.51. The number of benzene rings is 1. The molecule has 3 aliphatic heterocycles. The number of aliphatic hydroxyl groups is 1. The molecular weight excluding hydrogens is 336 g/mol. The standard InChI is InChI=1S/C23H30N2O2/c1-2-24-13-19-18-11-12-20-23(19,27)25(20)22(18)21(16-5-3-4-6-16)17-9-7-15(14-26)8-10-17/h7-12,14,16,18-22,24,27H,2-6,13H2,1H3/t18-,19+,20+,21+,22+,23-,25?/m0/s1. The van der Waals surface area contributed by atoms with Gasteiger partial charge in [0, 0.05) is 35.9 Å². The zero-order valence-corrected chi connectivity index (χ0v) is 16.1. The van der Waals surface area contributed by atoms with Crippen molar-refractivity contribution in [2.24, 2.45) is 17.8 Å². The number of hydrogen-bond acceptors (Lipinski definition) is 4. The van der Waals surface area contributed by atoms with Gasteiger partial charge >= 0.3 is 0 Å². The van der Waals surface area contributed by atoms with E-state index in [1.807, 2.05) is 12.1 Å². The van der Waals surface area contributed by atoms with E-state index in [4.69, 9.17) is 0 Å². The zero-order valence-electron chi connectivity index (χ0n) is 16.1. The molecule has 4 nitrogen and oxygen atoms in total. The van der Waals surface area contributed by atoms with Gasteiger partial charge in [-0.15, -0.1) is 0 Å². The first-order chi connectivity index (χ1) is 13.2. The van der Waals surface area contributed by atoms with Crippen LogP contribution in [0.2, 0.25) is 0 Å². The minimum atomic E-state index is -0.647. The molecule has 0 amide bonds. The van der Waals surface area contributed by atoms with Crippen LogP contribution in [0.15, 0.2) is 36.4 Å². The molecule has 6 rings (SSSR count). The van der Waals surface area contributed by atoms with Gasteiger partial charge in [-0.3, -0.25) is 9.69 Å². The average molecular weight is 367 g/mol. The first-order valence-corrected chi connectivity index (χ1v) is 10.6. The van der Waals surface area contributed by atoms with Gasteiger partial charge in [-0.2, -0.15) is 0 Å². The van der Waals surface area contributed by atoms with Crippen molar-refractivity contribution in [3.63, 3.8) is 0 Å². The van der Waals surface area contributed by atoms with Crippen LogP contribution in [0.25, 0.3) is 0 Å². The van der Waals surface area contributed by atoms with Crippen molar-refractivity contribution >= 4 is 6.29 Å². The van der Waals surface area contributed by atoms with E-state index in [1.165, 1.54) is 31.2 Å². The maximum Gasteiger partial charge on any atom is 0.150 e. The summed E-state index contributed by atoms with van der Waals surface area (Å²) in [6.45, 7) is 3.95. The van der Waals surface area contributed by atoms with E-state index in [0.29, 0.717) is 23.8 Å². The Morgan fingerprint density at radius 2 is 2.00 bits per heavy atom. The van der Waals surface area contributed by atoms with Crippen LogP contribution in [0.3, 0.4) is 0 Å². The van der Waals surface area contributed by atoms with Crippen LogP contribution >= 0.6 is 0 Å². The number of rotatable bonds is 7. The summed E-state index contributed by atoms with van der Waals surface area (Å²) in [5.74, 6) is 1.78. The highest BCUT2D eigenvalue weighted by atomic mass is 16.3. The van der Waals surface area contributed by atoms with E-state index in [0.717, 1.165) is 24.9 Å². The summed E-state index contributed by atoms with van der Waals surface area (Å²) in [5.41, 5.74) is 1.44. The second-order valence-electron chi connectivity index (χ2n) is 8.86. The lowest BCUT2D eigenvalue weighted by Gasteiger charge is -2.39. The normalized spacial score (nSPS) is 40.3. The Kier molecular flexibility index (Phi) is 4.26. The maximum atomic E-state index is 11.4. The van der Waals surface area contributed by atoms with Crippen LogP contribution in [0.5, 0.6) is 0 Å². The first kappa shape index (κ1) is 17.6. The molecule has 3 fully saturated rings. The smallest absolute Gasteiger partial charge is 0.150 e. The lowest BCUT2D eigenvalue weighted by molar-refractivity contribution is 0.0523. The fourth-order valence-electron chi connectivity index (χ4n) is 6.46. The van der Waals surface area contributed by atoms with E-state index in [1.54, 1.807) is 0 Å². The Morgan fingerprint density at radius 3 is 2.67 bits per heavy atom. The second-order valence-corrected chi connectivity index (χ2v) is 8.86. The van der Waals surface area contributed by atoms with Crippen molar-refractivity contribution in [1.82, 2.24) is 10.2 Å². The van der Waals surface area contributed by atoms with Crippen molar-refractivity contribution in [2.45, 2.75) is 56.3 Å². The van der Waals surface area contributed by atoms with E-state index >= 15 is 0 Å². The zero-order chi connectivity index (χ0) is 18.6. The molecule has 4 bridgehead atoms. The summed E-state index contributed by atoms with van der Waals surface area (Å²) in [6.07, 6.45) is 10.7. The van der Waals surface area contributed by atoms with Gasteiger partial charge in [-0.05, 0) is 30.9 Å². The molecule has 2 N–H and O–H groups in total. The third-order valence-corrected chi connectivity index (χ3v) is 7.67. The van der Waals surface area contributed by atoms with Crippen molar-refractivity contribution < 1.29 is 9.90 Å². The molecule has 27 heavy (non-hydrogen) atoms. The maximum absolute atomic E-state index is 11.4. The summed E-state index contributed by atoms with van der Waals surface area (Å²) in [4.78, 5) is 13.5. The summed E-state index contributed by atoms with van der Waals surface area (Å²) in [7, 11) is 0. The van der Waals surface area contributed by atoms with Crippen molar-refractivity contribution in [2.75, 3.05) is 13.1 Å². The molecule has 2 saturated heterocycles. The average Bonchev–Trinajstić information content (AvgIpc) is 3.00. The Hall–Kier alpha value is -1.49. The fourth-order valence-corrected chi connectivity index (χ4v) is 6.46. The molecule has 1 aromatic carbocycles. The van der Waals surface area contributed by atoms with Crippen molar-refractivity contribution in [1.29, 1.82) is 0 Å². The molecule has 144 valence electrons. The number of carbonyl (C=O) groups is 1. The van der Waals surface area contributed by atoms with Gasteiger partial charge in [0.05, 0.1) is 6.04 Å². The SMILES string of the molecule is CCNC[C@@H]1[C@@H]2C=C[C@H]3N([C@H]2[C@@H](c2ccc(C=O)cc2)C2CCCC2)[C@]13O. The number of aldehydes is 1. The Labute approximate surface area is 161 Å². The monoisotopic (exact) mass is 366 g/mol. The van der Waals surface area contributed by atoms with Crippen molar-refractivity contribution in [3.8, 4) is 0 Å². The summed E-state index contributed by atoms with van der Waals surface area (Å²) in [5, 5.41) is 14.9. The lowest BCUT2D eigenvalue weighted by atomic mass is 9.69. The summed E-state index contributed by atoms with van der Waals surface area (Å²) in [6, 6.07) is 8.79. The molecule has 5 aliphatic rings. The van der Waals surface area contributed by atoms with Gasteiger partial charge in [0.25, 0.3) is 0 Å². The van der Waals surface area contributed by atoms with E-state index in [9.17, 15) is 9.90 Å². The quantitative estimate of drug-likeness (QED) is 0.443. The van der Waals surface area contributed by atoms with Gasteiger partial charge in [0.2, 0.25) is 0 Å². The number of hydrogen-bond donors (Lipinski definition) is 2. The molecule has 0 spiro atoms. The van der Waals surface area contributed by atoms with Gasteiger partial charge < -0.3 is 10.4 Å². The van der Waals surface area contributed by atoms with E-state index in [-0.39, 0.29) is 12.0 Å². The second kappa shape index (κ2) is 6.54. The highest BCUT2D eigenvalue weighted by molar-refractivity contribution is 5.74. The summed E-state index contributed by atoms with van der Waals surface area (Å²) < 4.78 is 0. The molecular formula is C23H30N2O2. The molecule has 4 heteroatoms. The topological polar surface area (TPSA) is 52.3 Å². The predicted octanol–water partition coefficient (Wildman–Crippen LogP) is 2.94. The molecule has 3 heterocycles. The first-order valence-electron chi connectivity index (χ1n) is 10.6. The Bertz CT molecular complexity index is 739. The molecule has 1 unspecified atom stereocenters. The number of piperidine rings is 1. The summed E-state index contributed by atoms with van der Waals surface area (Å²) >= 11 is 0. The fraction of sp³-hybridized carbons (Fsp3) is 0.609. The van der Waals surface area contributed by atoms with Crippen LogP contribution in [0.1, 0.15) is 54.4 Å². The molecule has 0 aromatic heterocycles. The molecule has 2 aliphatic carbocycles. The van der Waals surface area contributed by atoms with Crippen LogP contribution < -0.4 is 5.32 Å². The van der Waals surface area contributed by atoms with Crippen molar-refractivity contribution in [3.05, 3.63) is 47.5 Å². The molecule has 0 radical (unpaired) electrons. The van der Waals surface area contributed by atoms with Crippen LogP contribution in [-0.2, 0) is 0 Å². The molecule has 1 aromatic rings. The van der Waals surface area contributed by atoms with Crippen LogP contribution in [-0.4, -0.2) is 47.2 Å². The number of carbonyl (C=O) groups excluding carboxylic acids is 1. The lowest BCUT2D eigenvalue weighted by Crippen LogP contribution is -2.44. The largest absolute Gasteiger partial charge is 0.373 e. The van der Waals surface area contributed by atoms with Gasteiger partial charge in [-0.1, -0.05) is 56.2 Å². The third-order valence-electron chi connectivity index (χ3n) is 7.67. The van der Waals surface area contributed by atoms with Gasteiger partial charge in [0.15, 0.2) is 0 Å². The van der Waals surface area contributed by atoms with E-state index < -0.39 is 5.72 Å². The van der Waals surface area contributed by atoms with Crippen LogP contribution in [0, 0.1) is 17.8 Å². The third kappa shape index (κ3) is 2.50. The highest BCUT2D eigenvalue weighted by Gasteiger charge is 2.77. The highest BCUT2D eigenvalue weighted by Crippen LogP contribution is 2.65. The number of nitrogens with zero attached hydrogens (tertiary/aromatic N) is 1. The van der Waals surface area contributed by atoms with Gasteiger partial charge in [-0.25, -0.2) is 0 Å². The molecule has 1 saturated carbocycles. The number of nitrogens with one attached hydrogen (secondary N) is 1. The van der Waals surface area contributed by atoms with Crippen LogP contribution in [0.4, 0.5) is 0 Å². The minimum absolute atomic E-state index is 0.189. The van der Waals surface area contributed by atoms with Gasteiger partial charge in [0.1, 0.15) is 12.0 Å². The van der Waals surface area contributed by atoms with E-state index in [2.05, 4.69) is 41.4 Å². The minimum Gasteiger partial charge on any atom is -0.373 e. The molecule has 7 atom stereocenters.